The molecule has 1 fully saturated rings. The SMILES string of the molecule is C[C@@H]1CN(C(=O)Nc2ccccc2)C[C@H](c2ccccc2)O1. The predicted molar refractivity (Wildman–Crippen MR) is 86.8 cm³/mol. The second-order valence-electron chi connectivity index (χ2n) is 5.55. The summed E-state index contributed by atoms with van der Waals surface area (Å²) >= 11 is 0. The first-order valence-corrected chi connectivity index (χ1v) is 7.54. The van der Waals surface area contributed by atoms with E-state index in [1.807, 2.05) is 72.5 Å². The van der Waals surface area contributed by atoms with E-state index in [9.17, 15) is 4.79 Å². The van der Waals surface area contributed by atoms with Crippen LogP contribution in [0, 0.1) is 0 Å². The van der Waals surface area contributed by atoms with Crippen LogP contribution in [0.2, 0.25) is 0 Å². The van der Waals surface area contributed by atoms with Crippen molar-refractivity contribution in [1.82, 2.24) is 4.90 Å². The number of morpholine rings is 1. The normalized spacial score (nSPS) is 21.4. The Morgan fingerprint density at radius 2 is 1.68 bits per heavy atom. The molecule has 1 saturated heterocycles. The van der Waals surface area contributed by atoms with Gasteiger partial charge in [-0.05, 0) is 24.6 Å². The molecule has 0 aliphatic carbocycles. The van der Waals surface area contributed by atoms with Gasteiger partial charge in [-0.15, -0.1) is 0 Å². The number of carbonyl (C=O) groups excluding carboxylic acids is 1. The number of carbonyl (C=O) groups is 1. The maximum atomic E-state index is 12.4. The van der Waals surface area contributed by atoms with Crippen molar-refractivity contribution in [1.29, 1.82) is 0 Å². The van der Waals surface area contributed by atoms with E-state index >= 15 is 0 Å². The molecule has 1 N–H and O–H groups in total. The van der Waals surface area contributed by atoms with E-state index in [4.69, 9.17) is 4.74 Å². The monoisotopic (exact) mass is 296 g/mol. The van der Waals surface area contributed by atoms with E-state index in [1.165, 1.54) is 0 Å². The quantitative estimate of drug-likeness (QED) is 0.918. The lowest BCUT2D eigenvalue weighted by molar-refractivity contribution is -0.0642. The van der Waals surface area contributed by atoms with Crippen molar-refractivity contribution in [2.24, 2.45) is 0 Å². The number of hydrogen-bond acceptors (Lipinski definition) is 2. The number of ether oxygens (including phenoxy) is 1. The molecule has 0 unspecified atom stereocenters. The highest BCUT2D eigenvalue weighted by Crippen LogP contribution is 2.25. The minimum absolute atomic E-state index is 0.0143. The van der Waals surface area contributed by atoms with E-state index in [1.54, 1.807) is 0 Å². The van der Waals surface area contributed by atoms with Gasteiger partial charge in [-0.1, -0.05) is 48.5 Å². The maximum absolute atomic E-state index is 12.4. The van der Waals surface area contributed by atoms with E-state index < -0.39 is 0 Å². The number of anilines is 1. The molecular formula is C18H20N2O2. The van der Waals surface area contributed by atoms with Crippen LogP contribution in [0.25, 0.3) is 0 Å². The molecule has 0 radical (unpaired) electrons. The lowest BCUT2D eigenvalue weighted by Gasteiger charge is -2.37. The molecule has 1 aliphatic rings. The van der Waals surface area contributed by atoms with Gasteiger partial charge in [-0.25, -0.2) is 4.79 Å². The number of benzene rings is 2. The summed E-state index contributed by atoms with van der Waals surface area (Å²) in [7, 11) is 0. The highest BCUT2D eigenvalue weighted by molar-refractivity contribution is 5.89. The van der Waals surface area contributed by atoms with Crippen molar-refractivity contribution in [2.45, 2.75) is 19.1 Å². The predicted octanol–water partition coefficient (Wildman–Crippen LogP) is 3.68. The van der Waals surface area contributed by atoms with E-state index in [0.29, 0.717) is 13.1 Å². The van der Waals surface area contributed by atoms with Crippen LogP contribution >= 0.6 is 0 Å². The molecule has 3 rings (SSSR count). The fraction of sp³-hybridized carbons (Fsp3) is 0.278. The van der Waals surface area contributed by atoms with Crippen LogP contribution in [0.4, 0.5) is 10.5 Å². The molecular weight excluding hydrogens is 276 g/mol. The Labute approximate surface area is 130 Å². The third kappa shape index (κ3) is 3.46. The molecule has 0 saturated carbocycles. The summed E-state index contributed by atoms with van der Waals surface area (Å²) in [5, 5.41) is 2.94. The van der Waals surface area contributed by atoms with Gasteiger partial charge in [0.1, 0.15) is 6.10 Å². The zero-order valence-corrected chi connectivity index (χ0v) is 12.6. The largest absolute Gasteiger partial charge is 0.367 e. The Kier molecular flexibility index (Phi) is 4.39. The van der Waals surface area contributed by atoms with Crippen LogP contribution < -0.4 is 5.32 Å². The van der Waals surface area contributed by atoms with Gasteiger partial charge in [0.05, 0.1) is 12.6 Å². The van der Waals surface area contributed by atoms with Crippen LogP contribution in [0.1, 0.15) is 18.6 Å². The van der Waals surface area contributed by atoms with Crippen molar-refractivity contribution in [3.8, 4) is 0 Å². The molecule has 0 aromatic heterocycles. The molecule has 4 heteroatoms. The number of hydrogen-bond donors (Lipinski definition) is 1. The second-order valence-corrected chi connectivity index (χ2v) is 5.55. The molecule has 2 amide bonds. The molecule has 22 heavy (non-hydrogen) atoms. The molecule has 0 bridgehead atoms. The molecule has 114 valence electrons. The van der Waals surface area contributed by atoms with Gasteiger partial charge in [-0.3, -0.25) is 0 Å². The molecule has 2 aromatic rings. The molecule has 1 aliphatic heterocycles. The van der Waals surface area contributed by atoms with E-state index in [2.05, 4.69) is 5.32 Å². The fourth-order valence-corrected chi connectivity index (χ4v) is 2.69. The van der Waals surface area contributed by atoms with Gasteiger partial charge in [0.2, 0.25) is 0 Å². The van der Waals surface area contributed by atoms with Gasteiger partial charge in [-0.2, -0.15) is 0 Å². The standard InChI is InChI=1S/C18H20N2O2/c1-14-12-20(18(21)19-16-10-6-3-7-11-16)13-17(22-14)15-8-4-2-5-9-15/h2-11,14,17H,12-13H2,1H3,(H,19,21)/t14-,17-/m1/s1. The number of rotatable bonds is 2. The third-order valence-corrected chi connectivity index (χ3v) is 3.74. The highest BCUT2D eigenvalue weighted by atomic mass is 16.5. The van der Waals surface area contributed by atoms with Crippen molar-refractivity contribution in [3.05, 3.63) is 66.2 Å². The third-order valence-electron chi connectivity index (χ3n) is 3.74. The zero-order chi connectivity index (χ0) is 15.4. The van der Waals surface area contributed by atoms with Crippen molar-refractivity contribution >= 4 is 11.7 Å². The minimum atomic E-state index is -0.0812. The average molecular weight is 296 g/mol. The molecule has 1 heterocycles. The van der Waals surface area contributed by atoms with Gasteiger partial charge >= 0.3 is 6.03 Å². The topological polar surface area (TPSA) is 41.6 Å². The van der Waals surface area contributed by atoms with Crippen LogP contribution in [0.5, 0.6) is 0 Å². The first-order chi connectivity index (χ1) is 10.7. The van der Waals surface area contributed by atoms with Gasteiger partial charge in [0, 0.05) is 12.2 Å². The first kappa shape index (κ1) is 14.6. The molecule has 0 spiro atoms. The van der Waals surface area contributed by atoms with E-state index in [0.717, 1.165) is 11.3 Å². The Bertz CT molecular complexity index is 615. The summed E-state index contributed by atoms with van der Waals surface area (Å²) in [4.78, 5) is 14.3. The van der Waals surface area contributed by atoms with Crippen molar-refractivity contribution < 1.29 is 9.53 Å². The molecule has 4 nitrogen and oxygen atoms in total. The van der Waals surface area contributed by atoms with Gasteiger partial charge in [0.25, 0.3) is 0 Å². The fourth-order valence-electron chi connectivity index (χ4n) is 2.69. The lowest BCUT2D eigenvalue weighted by Crippen LogP contribution is -2.47. The maximum Gasteiger partial charge on any atom is 0.322 e. The summed E-state index contributed by atoms with van der Waals surface area (Å²) in [6, 6.07) is 19.5. The minimum Gasteiger partial charge on any atom is -0.367 e. The van der Waals surface area contributed by atoms with Gasteiger partial charge < -0.3 is 15.0 Å². The van der Waals surface area contributed by atoms with Crippen LogP contribution in [0.15, 0.2) is 60.7 Å². The van der Waals surface area contributed by atoms with Crippen molar-refractivity contribution in [2.75, 3.05) is 18.4 Å². The van der Waals surface area contributed by atoms with Crippen LogP contribution in [0.3, 0.4) is 0 Å². The summed E-state index contributed by atoms with van der Waals surface area (Å²) in [5.74, 6) is 0. The smallest absolute Gasteiger partial charge is 0.322 e. The number of nitrogens with zero attached hydrogens (tertiary/aromatic N) is 1. The number of amides is 2. The first-order valence-electron chi connectivity index (χ1n) is 7.54. The van der Waals surface area contributed by atoms with Crippen LogP contribution in [-0.4, -0.2) is 30.1 Å². The zero-order valence-electron chi connectivity index (χ0n) is 12.6. The lowest BCUT2D eigenvalue weighted by atomic mass is 10.1. The Hall–Kier alpha value is -2.33. The summed E-state index contributed by atoms with van der Waals surface area (Å²) in [6.07, 6.45) is -0.0630. The van der Waals surface area contributed by atoms with Gasteiger partial charge in [0.15, 0.2) is 0 Å². The summed E-state index contributed by atoms with van der Waals surface area (Å²) < 4.78 is 5.98. The highest BCUT2D eigenvalue weighted by Gasteiger charge is 2.29. The summed E-state index contributed by atoms with van der Waals surface area (Å²) in [5.41, 5.74) is 1.91. The second kappa shape index (κ2) is 6.62. The number of nitrogens with one attached hydrogen (secondary N) is 1. The number of urea groups is 1. The Morgan fingerprint density at radius 3 is 2.36 bits per heavy atom. The summed E-state index contributed by atoms with van der Waals surface area (Å²) in [6.45, 7) is 3.16. The number of para-hydroxylation sites is 1. The Morgan fingerprint density at radius 1 is 1.05 bits per heavy atom. The molecule has 2 aromatic carbocycles. The van der Waals surface area contributed by atoms with E-state index in [-0.39, 0.29) is 18.2 Å². The molecule has 2 atom stereocenters. The van der Waals surface area contributed by atoms with Crippen molar-refractivity contribution in [3.63, 3.8) is 0 Å². The average Bonchev–Trinajstić information content (AvgIpc) is 2.56. The Balaban J connectivity index is 1.69. The van der Waals surface area contributed by atoms with Crippen LogP contribution in [-0.2, 0) is 4.74 Å².